The minimum Gasteiger partial charge on any atom is -0.504 e. The van der Waals surface area contributed by atoms with E-state index in [4.69, 9.17) is 21.2 Å². The molecule has 0 atom stereocenters. The summed E-state index contributed by atoms with van der Waals surface area (Å²) < 4.78 is 0. The Morgan fingerprint density at radius 3 is 2.20 bits per heavy atom. The summed E-state index contributed by atoms with van der Waals surface area (Å²) in [4.78, 5) is 11.1. The highest BCUT2D eigenvalue weighted by molar-refractivity contribution is 5.91. The van der Waals surface area contributed by atoms with Crippen molar-refractivity contribution in [2.24, 2.45) is 5.84 Å². The number of carbonyl (C=O) groups excluding carboxylic acids is 1. The normalized spacial score (nSPS) is 9.73. The molecule has 0 spiro atoms. The molecule has 0 aliphatic carbocycles. The van der Waals surface area contributed by atoms with Crippen LogP contribution in [0.1, 0.15) is 0 Å². The van der Waals surface area contributed by atoms with Crippen LogP contribution < -0.4 is 16.2 Å². The van der Waals surface area contributed by atoms with Gasteiger partial charge in [-0.1, -0.05) is 0 Å². The van der Waals surface area contributed by atoms with E-state index in [-0.39, 0.29) is 5.69 Å². The fourth-order valence-electron chi connectivity index (χ4n) is 0.967. The first kappa shape index (κ1) is 10.9. The van der Waals surface area contributed by atoms with Gasteiger partial charge in [0.05, 0.1) is 5.69 Å². The molecule has 0 aliphatic heterocycles. The van der Waals surface area contributed by atoms with Crippen molar-refractivity contribution in [1.29, 1.82) is 0 Å². The van der Waals surface area contributed by atoms with Crippen molar-refractivity contribution in [3.05, 3.63) is 12.1 Å². The molecule has 2 amide bonds. The minimum atomic E-state index is -0.663. The van der Waals surface area contributed by atoms with Gasteiger partial charge in [0.2, 0.25) is 0 Å². The average molecular weight is 213 g/mol. The number of nitrogens with zero attached hydrogens (tertiary/aromatic N) is 1. The van der Waals surface area contributed by atoms with Gasteiger partial charge in [-0.15, -0.1) is 0 Å². The van der Waals surface area contributed by atoms with Crippen LogP contribution in [0.25, 0.3) is 0 Å². The molecule has 7 nitrogen and oxygen atoms in total. The van der Waals surface area contributed by atoms with Gasteiger partial charge in [-0.2, -0.15) is 0 Å². The Hall–Kier alpha value is -2.15. The first-order valence-corrected chi connectivity index (χ1v) is 3.99. The summed E-state index contributed by atoms with van der Waals surface area (Å²) in [6.07, 6.45) is 0. The van der Waals surface area contributed by atoms with E-state index in [1.807, 2.05) is 0 Å². The standard InChI is InChI=1S/C8H11N3O4/c1-10-8(15)11(9)4-2-5(12)7(14)6(13)3-4/h2-3,12-14H,9H2,1H3,(H,10,15). The number of benzene rings is 1. The molecule has 6 N–H and O–H groups in total. The van der Waals surface area contributed by atoms with Gasteiger partial charge in [0.1, 0.15) is 0 Å². The number of hydrogen-bond acceptors (Lipinski definition) is 5. The Kier molecular flexibility index (Phi) is 2.86. The second-order valence-corrected chi connectivity index (χ2v) is 2.76. The zero-order valence-corrected chi connectivity index (χ0v) is 7.93. The Morgan fingerprint density at radius 2 is 1.80 bits per heavy atom. The first-order valence-electron chi connectivity index (χ1n) is 3.99. The van der Waals surface area contributed by atoms with Crippen molar-refractivity contribution in [3.63, 3.8) is 0 Å². The number of nitrogens with one attached hydrogen (secondary N) is 1. The van der Waals surface area contributed by atoms with Crippen molar-refractivity contribution < 1.29 is 20.1 Å². The maximum absolute atomic E-state index is 11.1. The largest absolute Gasteiger partial charge is 0.504 e. The number of hydrazine groups is 1. The number of hydrogen-bond donors (Lipinski definition) is 5. The number of amides is 2. The molecule has 1 rings (SSSR count). The lowest BCUT2D eigenvalue weighted by atomic mass is 10.2. The monoisotopic (exact) mass is 213 g/mol. The van der Waals surface area contributed by atoms with Crippen LogP contribution in [0, 0.1) is 0 Å². The molecule has 0 radical (unpaired) electrons. The van der Waals surface area contributed by atoms with Crippen LogP contribution in [0.2, 0.25) is 0 Å². The first-order chi connectivity index (χ1) is 6.97. The number of urea groups is 1. The summed E-state index contributed by atoms with van der Waals surface area (Å²) in [6.45, 7) is 0. The van der Waals surface area contributed by atoms with Crippen molar-refractivity contribution in [2.75, 3.05) is 12.1 Å². The quantitative estimate of drug-likeness (QED) is 0.192. The predicted molar refractivity (Wildman–Crippen MR) is 52.6 cm³/mol. The van der Waals surface area contributed by atoms with Gasteiger partial charge in [0, 0.05) is 19.2 Å². The lowest BCUT2D eigenvalue weighted by Crippen LogP contribution is -2.43. The van der Waals surface area contributed by atoms with Gasteiger partial charge in [0.15, 0.2) is 17.2 Å². The smallest absolute Gasteiger partial charge is 0.336 e. The molecule has 0 aromatic heterocycles. The number of carbonyl (C=O) groups is 1. The summed E-state index contributed by atoms with van der Waals surface area (Å²) in [6, 6.07) is 1.47. The fraction of sp³-hybridized carbons (Fsp3) is 0.125. The maximum Gasteiger partial charge on any atom is 0.336 e. The van der Waals surface area contributed by atoms with Crippen LogP contribution in [0.4, 0.5) is 10.5 Å². The van der Waals surface area contributed by atoms with E-state index in [0.29, 0.717) is 5.01 Å². The lowest BCUT2D eigenvalue weighted by Gasteiger charge is -2.16. The molecular formula is C8H11N3O4. The number of anilines is 1. The van der Waals surface area contributed by atoms with Crippen LogP contribution in [0.15, 0.2) is 12.1 Å². The molecule has 0 unspecified atom stereocenters. The number of phenolic OH excluding ortho intramolecular Hbond substituents is 3. The van der Waals surface area contributed by atoms with Crippen LogP contribution in [-0.2, 0) is 0 Å². The van der Waals surface area contributed by atoms with E-state index < -0.39 is 23.3 Å². The minimum absolute atomic E-state index is 0.0437. The molecule has 1 aromatic carbocycles. The van der Waals surface area contributed by atoms with Crippen LogP contribution in [0.3, 0.4) is 0 Å². The second-order valence-electron chi connectivity index (χ2n) is 2.76. The Labute approximate surface area is 85.3 Å². The van der Waals surface area contributed by atoms with Crippen molar-refractivity contribution >= 4 is 11.7 Å². The molecule has 0 heterocycles. The number of rotatable bonds is 1. The van der Waals surface area contributed by atoms with Gasteiger partial charge in [-0.25, -0.2) is 15.6 Å². The molecule has 82 valence electrons. The average Bonchev–Trinajstić information content (AvgIpc) is 2.23. The lowest BCUT2D eigenvalue weighted by molar-refractivity contribution is 0.248. The van der Waals surface area contributed by atoms with Crippen molar-refractivity contribution in [1.82, 2.24) is 5.32 Å². The number of nitrogens with two attached hydrogens (primary N) is 1. The third-order valence-electron chi connectivity index (χ3n) is 1.77. The molecule has 0 saturated carbocycles. The summed E-state index contributed by atoms with van der Waals surface area (Å²) in [5.41, 5.74) is 0.0437. The highest BCUT2D eigenvalue weighted by atomic mass is 16.3. The highest BCUT2D eigenvalue weighted by Gasteiger charge is 2.14. The third-order valence-corrected chi connectivity index (χ3v) is 1.77. The van der Waals surface area contributed by atoms with Gasteiger partial charge in [-0.05, 0) is 0 Å². The van der Waals surface area contributed by atoms with E-state index in [1.165, 1.54) is 7.05 Å². The van der Waals surface area contributed by atoms with E-state index in [0.717, 1.165) is 12.1 Å². The Morgan fingerprint density at radius 1 is 1.33 bits per heavy atom. The van der Waals surface area contributed by atoms with Gasteiger partial charge < -0.3 is 20.6 Å². The Bertz CT molecular complexity index is 370. The van der Waals surface area contributed by atoms with Gasteiger partial charge >= 0.3 is 6.03 Å². The van der Waals surface area contributed by atoms with Crippen LogP contribution in [0.5, 0.6) is 17.2 Å². The van der Waals surface area contributed by atoms with E-state index in [2.05, 4.69) is 5.32 Å². The molecule has 15 heavy (non-hydrogen) atoms. The third kappa shape index (κ3) is 2.02. The Balaban J connectivity index is 3.11. The predicted octanol–water partition coefficient (Wildman–Crippen LogP) is -0.177. The molecule has 0 aliphatic rings. The van der Waals surface area contributed by atoms with Gasteiger partial charge in [0.25, 0.3) is 0 Å². The summed E-state index contributed by atoms with van der Waals surface area (Å²) in [5.74, 6) is 3.56. The van der Waals surface area contributed by atoms with E-state index in [1.54, 1.807) is 0 Å². The summed E-state index contributed by atoms with van der Waals surface area (Å²) in [7, 11) is 1.38. The van der Waals surface area contributed by atoms with Crippen LogP contribution >= 0.6 is 0 Å². The zero-order chi connectivity index (χ0) is 11.6. The summed E-state index contributed by atoms with van der Waals surface area (Å²) in [5, 5.41) is 30.3. The fourth-order valence-corrected chi connectivity index (χ4v) is 0.967. The van der Waals surface area contributed by atoms with Crippen LogP contribution in [-0.4, -0.2) is 28.4 Å². The van der Waals surface area contributed by atoms with E-state index >= 15 is 0 Å². The molecule has 0 bridgehead atoms. The van der Waals surface area contributed by atoms with Crippen molar-refractivity contribution in [3.8, 4) is 17.2 Å². The maximum atomic E-state index is 11.1. The number of phenols is 3. The SMILES string of the molecule is CNC(=O)N(N)c1cc(O)c(O)c(O)c1. The summed E-state index contributed by atoms with van der Waals surface area (Å²) >= 11 is 0. The molecule has 0 fully saturated rings. The molecular weight excluding hydrogens is 202 g/mol. The highest BCUT2D eigenvalue weighted by Crippen LogP contribution is 2.37. The van der Waals surface area contributed by atoms with Gasteiger partial charge in [-0.3, -0.25) is 0 Å². The molecule has 7 heteroatoms. The second kappa shape index (κ2) is 3.93. The number of aromatic hydroxyl groups is 3. The molecule has 1 aromatic rings. The van der Waals surface area contributed by atoms with E-state index in [9.17, 15) is 4.79 Å². The zero-order valence-electron chi connectivity index (χ0n) is 7.93. The molecule has 0 saturated heterocycles. The van der Waals surface area contributed by atoms with Crippen molar-refractivity contribution in [2.45, 2.75) is 0 Å². The topological polar surface area (TPSA) is 119 Å².